The number of anilines is 2. The maximum absolute atomic E-state index is 16.6. The van der Waals surface area contributed by atoms with E-state index in [1.54, 1.807) is 62.6 Å². The molecule has 2 saturated heterocycles. The van der Waals surface area contributed by atoms with E-state index >= 15 is 8.78 Å². The highest BCUT2D eigenvalue weighted by molar-refractivity contribution is 7.13. The van der Waals surface area contributed by atoms with E-state index in [1.807, 2.05) is 43.0 Å². The third kappa shape index (κ3) is 15.0. The van der Waals surface area contributed by atoms with E-state index in [2.05, 4.69) is 32.5 Å². The van der Waals surface area contributed by atoms with Crippen molar-refractivity contribution in [3.8, 4) is 27.3 Å². The number of amides is 5. The second-order valence-electron chi connectivity index (χ2n) is 21.0. The molecule has 0 saturated carbocycles. The standard InChI is InChI=1S/C57H72F2N10O10S/c1-9-45(73)67-19-21-68(22-20-67)53-40-29-34(2)47(48-41(58)11-10-12-43(48)71)49(59)50(40)64-56(65-53)60-18-17-46(74)66(8)23-24-77-25-26-78-27-28-79-32-44(72)63-52(57(5,6)7)55(76)69-31-39(70)30-42(69)54(75)62-35(3)37-13-15-38(16-14-37)51-36(4)61-33-80-51/h9-16,29,33,35,39,42,52,70-71H,1,17-28,30-32H2,2-8H3,(H,62,75)(H,63,72)(H,60,64,65)/t35-,39+,42-,52+/m0/s1. The van der Waals surface area contributed by atoms with Crippen molar-refractivity contribution in [1.82, 2.24) is 40.3 Å². The molecule has 2 aliphatic heterocycles. The number of hydrogen-bond donors (Lipinski definition) is 5. The van der Waals surface area contributed by atoms with E-state index in [0.29, 0.717) is 42.9 Å². The molecule has 0 aliphatic carbocycles. The van der Waals surface area contributed by atoms with Gasteiger partial charge in [0.25, 0.3) is 0 Å². The SMILES string of the molecule is C=CC(=O)N1CCN(c2nc(NCCC(=O)N(C)CCOCCOCCOCC(=O)N[C@H](C(=O)N3C[C@H](O)C[C@H]3C(=O)N[C@@H](C)c3ccc(-c4scnc4C)cc3)C(C)(C)C)nc3c(F)c(-c4c(O)cccc4F)c(C)cc23)CC1. The quantitative estimate of drug-likeness (QED) is 0.0377. The van der Waals surface area contributed by atoms with E-state index in [9.17, 15) is 34.2 Å². The lowest BCUT2D eigenvalue weighted by Crippen LogP contribution is -2.58. The highest BCUT2D eigenvalue weighted by Crippen LogP contribution is 2.40. The Kier molecular flexibility index (Phi) is 20.6. The molecule has 5 N–H and O–H groups in total. The number of ether oxygens (including phenoxy) is 3. The number of phenolic OH excluding ortho intramolecular Hbond substituents is 1. The molecule has 80 heavy (non-hydrogen) atoms. The van der Waals surface area contributed by atoms with Gasteiger partial charge in [-0.05, 0) is 67.2 Å². The first-order valence-corrected chi connectivity index (χ1v) is 27.5. The molecule has 4 atom stereocenters. The fraction of sp³-hybridized carbons (Fsp3) is 0.474. The first kappa shape index (κ1) is 60.5. The number of aryl methyl sites for hydroxylation is 2. The zero-order valence-corrected chi connectivity index (χ0v) is 47.2. The maximum Gasteiger partial charge on any atom is 0.246 e. The van der Waals surface area contributed by atoms with Gasteiger partial charge < -0.3 is 60.0 Å². The van der Waals surface area contributed by atoms with Crippen LogP contribution in [0.5, 0.6) is 5.75 Å². The van der Waals surface area contributed by atoms with Crippen molar-refractivity contribution in [3.63, 3.8) is 0 Å². The molecule has 0 unspecified atom stereocenters. The number of aromatic nitrogens is 3. The minimum atomic E-state index is -1.02. The summed E-state index contributed by atoms with van der Waals surface area (Å²) in [5.74, 6) is -3.51. The number of nitrogens with zero attached hydrogens (tertiary/aromatic N) is 7. The number of halogens is 2. The van der Waals surface area contributed by atoms with Gasteiger partial charge in [0.05, 0.1) is 66.8 Å². The van der Waals surface area contributed by atoms with Crippen molar-refractivity contribution in [2.75, 3.05) is 103 Å². The van der Waals surface area contributed by atoms with Crippen molar-refractivity contribution in [1.29, 1.82) is 0 Å². The number of nitrogens with one attached hydrogen (secondary N) is 3. The van der Waals surface area contributed by atoms with Crippen molar-refractivity contribution in [2.45, 2.75) is 78.6 Å². The van der Waals surface area contributed by atoms with Crippen molar-refractivity contribution < 1.29 is 57.2 Å². The van der Waals surface area contributed by atoms with Crippen LogP contribution in [-0.4, -0.2) is 180 Å². The van der Waals surface area contributed by atoms with Crippen molar-refractivity contribution >= 4 is 63.5 Å². The Balaban J connectivity index is 0.812. The predicted molar refractivity (Wildman–Crippen MR) is 300 cm³/mol. The van der Waals surface area contributed by atoms with Crippen molar-refractivity contribution in [2.24, 2.45) is 5.41 Å². The van der Waals surface area contributed by atoms with Crippen LogP contribution < -0.4 is 20.9 Å². The van der Waals surface area contributed by atoms with Gasteiger partial charge in [-0.1, -0.05) is 57.7 Å². The molecule has 2 aliphatic rings. The number of carbonyl (C=O) groups is 5. The number of likely N-dealkylation sites (tertiary alicyclic amines) is 1. The number of benzene rings is 3. The number of aromatic hydroxyl groups is 1. The summed E-state index contributed by atoms with van der Waals surface area (Å²) in [5, 5.41) is 30.4. The highest BCUT2D eigenvalue weighted by Gasteiger charge is 2.45. The van der Waals surface area contributed by atoms with E-state index in [-0.39, 0.29) is 113 Å². The molecule has 5 amide bonds. The molecule has 0 radical (unpaired) electrons. The maximum atomic E-state index is 16.6. The third-order valence-electron chi connectivity index (χ3n) is 14.1. The van der Waals surface area contributed by atoms with E-state index in [1.165, 1.54) is 28.0 Å². The molecular weight excluding hydrogens is 1050 g/mol. The summed E-state index contributed by atoms with van der Waals surface area (Å²) in [7, 11) is 1.63. The number of aliphatic hydroxyl groups excluding tert-OH is 1. The predicted octanol–water partition coefficient (Wildman–Crippen LogP) is 5.54. The number of β-amino-alcohol motifs (C(OH)–C–C–N with tert-alkyl or cyclic N) is 1. The second-order valence-corrected chi connectivity index (χ2v) is 21.8. The number of piperazine rings is 1. The number of likely N-dealkylation sites (N-methyl/N-ethyl adjacent to an activating group) is 1. The lowest BCUT2D eigenvalue weighted by atomic mass is 9.85. The number of aliphatic hydroxyl groups is 1. The first-order chi connectivity index (χ1) is 38.2. The molecule has 0 bridgehead atoms. The van der Waals surface area contributed by atoms with Gasteiger partial charge in [-0.25, -0.2) is 18.7 Å². The number of hydrogen-bond acceptors (Lipinski definition) is 16. The molecule has 7 rings (SSSR count). The second kappa shape index (κ2) is 27.3. The van der Waals surface area contributed by atoms with Gasteiger partial charge in [0, 0.05) is 76.7 Å². The Morgan fingerprint density at radius 1 is 0.938 bits per heavy atom. The summed E-state index contributed by atoms with van der Waals surface area (Å²) < 4.78 is 48.5. The number of phenols is 1. The number of fused-ring (bicyclic) bond motifs is 1. The van der Waals surface area contributed by atoms with E-state index < -0.39 is 58.7 Å². The minimum absolute atomic E-state index is 0.0291. The van der Waals surface area contributed by atoms with Gasteiger partial charge in [0.2, 0.25) is 35.5 Å². The van der Waals surface area contributed by atoms with Crippen molar-refractivity contribution in [3.05, 3.63) is 95.2 Å². The van der Waals surface area contributed by atoms with Gasteiger partial charge >= 0.3 is 0 Å². The Morgan fingerprint density at radius 2 is 1.62 bits per heavy atom. The summed E-state index contributed by atoms with van der Waals surface area (Å²) in [4.78, 5) is 87.3. The monoisotopic (exact) mass is 1130 g/mol. The van der Waals surface area contributed by atoms with Crippen LogP contribution in [0.25, 0.3) is 32.5 Å². The van der Waals surface area contributed by atoms with Crippen LogP contribution in [-0.2, 0) is 38.2 Å². The van der Waals surface area contributed by atoms with Crippen LogP contribution in [0.4, 0.5) is 20.5 Å². The van der Waals surface area contributed by atoms with Gasteiger partial charge in [-0.15, -0.1) is 11.3 Å². The van der Waals surface area contributed by atoms with Crippen LogP contribution in [0, 0.1) is 30.9 Å². The van der Waals surface area contributed by atoms with Crippen LogP contribution in [0.3, 0.4) is 0 Å². The number of thiazole rings is 1. The van der Waals surface area contributed by atoms with Crippen LogP contribution in [0.2, 0.25) is 0 Å². The number of rotatable bonds is 24. The Bertz CT molecular complexity index is 3000. The van der Waals surface area contributed by atoms with Gasteiger partial charge in [-0.3, -0.25) is 24.0 Å². The normalized spacial score (nSPS) is 16.4. The molecule has 2 aromatic heterocycles. The van der Waals surface area contributed by atoms with Gasteiger partial charge in [0.15, 0.2) is 5.82 Å². The Labute approximate surface area is 468 Å². The molecule has 5 aromatic rings. The fourth-order valence-electron chi connectivity index (χ4n) is 9.61. The smallest absolute Gasteiger partial charge is 0.246 e. The molecule has 20 nitrogen and oxygen atoms in total. The minimum Gasteiger partial charge on any atom is -0.507 e. The summed E-state index contributed by atoms with van der Waals surface area (Å²) >= 11 is 1.56. The molecule has 3 aromatic carbocycles. The largest absolute Gasteiger partial charge is 0.507 e. The first-order valence-electron chi connectivity index (χ1n) is 26.6. The average Bonchev–Trinajstić information content (AvgIpc) is 4.08. The van der Waals surface area contributed by atoms with Gasteiger partial charge in [-0.2, -0.15) is 4.98 Å². The summed E-state index contributed by atoms with van der Waals surface area (Å²) in [6, 6.07) is 10.9. The Morgan fingerprint density at radius 3 is 2.27 bits per heavy atom. The molecule has 430 valence electrons. The highest BCUT2D eigenvalue weighted by atomic mass is 32.1. The average molecular weight is 1130 g/mol. The number of carbonyl (C=O) groups excluding carboxylic acids is 5. The van der Waals surface area contributed by atoms with Crippen LogP contribution >= 0.6 is 11.3 Å². The molecular formula is C57H72F2N10O10S. The molecule has 2 fully saturated rings. The third-order valence-corrected chi connectivity index (χ3v) is 15.0. The zero-order chi connectivity index (χ0) is 57.8. The molecule has 0 spiro atoms. The summed E-state index contributed by atoms with van der Waals surface area (Å²) in [5.41, 5.74) is 3.70. The molecule has 23 heteroatoms. The summed E-state index contributed by atoms with van der Waals surface area (Å²) in [6.07, 6.45) is 0.423. The zero-order valence-electron chi connectivity index (χ0n) is 46.4. The summed E-state index contributed by atoms with van der Waals surface area (Å²) in [6.45, 7) is 16.7. The molecule has 4 heterocycles. The van der Waals surface area contributed by atoms with E-state index in [0.717, 1.165) is 27.8 Å². The Hall–Kier alpha value is -7.18. The van der Waals surface area contributed by atoms with Crippen LogP contribution in [0.1, 0.15) is 63.4 Å². The van der Waals surface area contributed by atoms with Crippen LogP contribution in [0.15, 0.2) is 66.7 Å². The lowest BCUT2D eigenvalue weighted by molar-refractivity contribution is -0.144. The lowest BCUT2D eigenvalue weighted by Gasteiger charge is -2.35. The van der Waals surface area contributed by atoms with E-state index in [4.69, 9.17) is 19.2 Å². The topological polar surface area (TPSA) is 241 Å². The fourth-order valence-corrected chi connectivity index (χ4v) is 10.4. The van der Waals surface area contributed by atoms with Gasteiger partial charge in [0.1, 0.15) is 41.6 Å².